The lowest BCUT2D eigenvalue weighted by Gasteiger charge is -2.18. The number of H-pyrrole nitrogens is 1. The Morgan fingerprint density at radius 2 is 1.93 bits per heavy atom. The van der Waals surface area contributed by atoms with E-state index in [0.717, 1.165) is 21.9 Å². The van der Waals surface area contributed by atoms with Crippen molar-refractivity contribution in [2.75, 3.05) is 49.1 Å². The van der Waals surface area contributed by atoms with Crippen molar-refractivity contribution >= 4 is 56.6 Å². The van der Waals surface area contributed by atoms with E-state index in [9.17, 15) is 14.7 Å². The molecule has 3 aromatic carbocycles. The number of ether oxygens (including phenoxy) is 2. The van der Waals surface area contributed by atoms with Gasteiger partial charge in [-0.1, -0.05) is 18.2 Å². The number of phenolic OH excluding ortho intramolecular Hbond substituents is 1. The Labute approximate surface area is 258 Å². The quantitative estimate of drug-likeness (QED) is 0.123. The summed E-state index contributed by atoms with van der Waals surface area (Å²) in [5, 5.41) is 24.7. The normalized spacial score (nSPS) is 14.2. The minimum Gasteiger partial charge on any atom is -0.507 e. The van der Waals surface area contributed by atoms with Crippen LogP contribution in [0.25, 0.3) is 21.8 Å². The zero-order chi connectivity index (χ0) is 30.8. The van der Waals surface area contributed by atoms with Crippen LogP contribution in [0.4, 0.5) is 11.4 Å². The summed E-state index contributed by atoms with van der Waals surface area (Å²) in [5.41, 5.74) is 4.36. The molecule has 0 spiro atoms. The van der Waals surface area contributed by atoms with Gasteiger partial charge in [0.2, 0.25) is 0 Å². The molecule has 2 aromatic heterocycles. The number of hydrogen-bond acceptors (Lipinski definition) is 7. The molecule has 5 aromatic rings. The van der Waals surface area contributed by atoms with Crippen LogP contribution in [-0.2, 0) is 4.74 Å². The number of amides is 2. The van der Waals surface area contributed by atoms with Crippen molar-refractivity contribution in [1.82, 2.24) is 9.97 Å². The maximum atomic E-state index is 13.8. The molecule has 1 aliphatic rings. The number of carbonyl (C=O) groups excluding carboxylic acids is 2. The Balaban J connectivity index is 1.18. The highest BCUT2D eigenvalue weighted by molar-refractivity contribution is 6.19. The van der Waals surface area contributed by atoms with Crippen LogP contribution >= 0.6 is 11.6 Å². The fourth-order valence-corrected chi connectivity index (χ4v) is 5.90. The number of alkyl halides is 1. The van der Waals surface area contributed by atoms with Gasteiger partial charge in [0, 0.05) is 40.7 Å². The van der Waals surface area contributed by atoms with Crippen molar-refractivity contribution in [3.8, 4) is 11.5 Å². The molecule has 44 heavy (non-hydrogen) atoms. The fourth-order valence-electron chi connectivity index (χ4n) is 5.65. The average Bonchev–Trinajstić information content (AvgIpc) is 3.62. The summed E-state index contributed by atoms with van der Waals surface area (Å²) in [4.78, 5) is 35.9. The van der Waals surface area contributed by atoms with E-state index in [1.165, 1.54) is 6.20 Å². The third-order valence-electron chi connectivity index (χ3n) is 7.71. The molecule has 0 bridgehead atoms. The van der Waals surface area contributed by atoms with Gasteiger partial charge >= 0.3 is 0 Å². The summed E-state index contributed by atoms with van der Waals surface area (Å²) in [7, 11) is 0. The summed E-state index contributed by atoms with van der Waals surface area (Å²) in [6.45, 7) is 3.27. The van der Waals surface area contributed by atoms with Gasteiger partial charge in [-0.05, 0) is 59.8 Å². The average molecular weight is 615 g/mol. The topological polar surface area (TPSA) is 137 Å². The predicted molar refractivity (Wildman–Crippen MR) is 169 cm³/mol. The highest BCUT2D eigenvalue weighted by atomic mass is 35.5. The number of hydrogen-bond donors (Lipinski definition) is 4. The molecule has 1 unspecified atom stereocenters. The lowest BCUT2D eigenvalue weighted by molar-refractivity contribution is 0.0705. The van der Waals surface area contributed by atoms with Gasteiger partial charge < -0.3 is 34.9 Å². The number of fused-ring (bicyclic) bond motifs is 4. The first-order valence-corrected chi connectivity index (χ1v) is 14.8. The van der Waals surface area contributed by atoms with Crippen LogP contribution < -0.4 is 15.0 Å². The molecule has 1 aliphatic heterocycles. The van der Waals surface area contributed by atoms with Crippen molar-refractivity contribution in [1.29, 1.82) is 0 Å². The first kappa shape index (κ1) is 29.4. The van der Waals surface area contributed by atoms with Crippen molar-refractivity contribution in [2.45, 2.75) is 12.8 Å². The summed E-state index contributed by atoms with van der Waals surface area (Å²) in [6, 6.07) is 17.6. The number of rotatable bonds is 10. The number of carbonyl (C=O) groups is 2. The van der Waals surface area contributed by atoms with Crippen molar-refractivity contribution in [2.24, 2.45) is 0 Å². The smallest absolute Gasteiger partial charge is 0.274 e. The zero-order valence-electron chi connectivity index (χ0n) is 24.0. The second-order valence-corrected chi connectivity index (χ2v) is 10.9. The molecule has 0 radical (unpaired) electrons. The molecule has 3 heterocycles. The third-order valence-corrected chi connectivity index (χ3v) is 8.08. The number of aliphatic hydroxyl groups excluding tert-OH is 1. The number of pyridine rings is 1. The molecular formula is C33H31ClN4O6. The molecule has 0 saturated carbocycles. The molecule has 0 saturated heterocycles. The zero-order valence-corrected chi connectivity index (χ0v) is 24.7. The number of aliphatic hydroxyl groups is 1. The Bertz CT molecular complexity index is 1860. The third kappa shape index (κ3) is 5.67. The Kier molecular flexibility index (Phi) is 8.38. The summed E-state index contributed by atoms with van der Waals surface area (Å²) in [6.07, 6.45) is 1.52. The van der Waals surface area contributed by atoms with Gasteiger partial charge in [0.05, 0.1) is 37.4 Å². The van der Waals surface area contributed by atoms with Crippen LogP contribution in [0.2, 0.25) is 0 Å². The highest BCUT2D eigenvalue weighted by Gasteiger charge is 2.35. The van der Waals surface area contributed by atoms with Gasteiger partial charge in [0.15, 0.2) is 0 Å². The van der Waals surface area contributed by atoms with Crippen LogP contribution in [0.5, 0.6) is 11.5 Å². The van der Waals surface area contributed by atoms with E-state index in [0.29, 0.717) is 65.1 Å². The molecule has 226 valence electrons. The lowest BCUT2D eigenvalue weighted by atomic mass is 9.92. The molecule has 10 nitrogen and oxygen atoms in total. The number of nitrogens with zero attached hydrogens (tertiary/aromatic N) is 2. The van der Waals surface area contributed by atoms with Crippen molar-refractivity contribution in [3.05, 3.63) is 89.2 Å². The van der Waals surface area contributed by atoms with Crippen LogP contribution in [0.3, 0.4) is 0 Å². The Hall–Kier alpha value is -4.64. The summed E-state index contributed by atoms with van der Waals surface area (Å²) < 4.78 is 10.7. The molecular weight excluding hydrogens is 584 g/mol. The molecule has 1 atom stereocenters. The van der Waals surface area contributed by atoms with Crippen LogP contribution in [0.15, 0.2) is 66.9 Å². The number of benzene rings is 3. The van der Waals surface area contributed by atoms with E-state index in [4.69, 9.17) is 26.2 Å². The second-order valence-electron chi connectivity index (χ2n) is 10.6. The highest BCUT2D eigenvalue weighted by Crippen LogP contribution is 2.46. The van der Waals surface area contributed by atoms with Gasteiger partial charge in [-0.3, -0.25) is 9.59 Å². The van der Waals surface area contributed by atoms with E-state index in [1.54, 1.807) is 47.4 Å². The predicted octanol–water partition coefficient (Wildman–Crippen LogP) is 5.35. The molecule has 11 heteroatoms. The van der Waals surface area contributed by atoms with Gasteiger partial charge in [0.25, 0.3) is 11.8 Å². The number of nitrogens with one attached hydrogen (secondary N) is 2. The first-order chi connectivity index (χ1) is 21.4. The van der Waals surface area contributed by atoms with Crippen LogP contribution in [-0.4, -0.2) is 70.8 Å². The van der Waals surface area contributed by atoms with Crippen molar-refractivity contribution in [3.63, 3.8) is 0 Å². The first-order valence-electron chi connectivity index (χ1n) is 14.2. The maximum Gasteiger partial charge on any atom is 0.274 e. The summed E-state index contributed by atoms with van der Waals surface area (Å²) >= 11 is 6.38. The number of aromatic nitrogens is 2. The van der Waals surface area contributed by atoms with Gasteiger partial charge in [0.1, 0.15) is 29.4 Å². The number of phenols is 1. The van der Waals surface area contributed by atoms with Crippen LogP contribution in [0.1, 0.15) is 37.9 Å². The molecule has 6 rings (SSSR count). The van der Waals surface area contributed by atoms with Gasteiger partial charge in [-0.15, -0.1) is 11.6 Å². The Morgan fingerprint density at radius 1 is 1.11 bits per heavy atom. The van der Waals surface area contributed by atoms with E-state index >= 15 is 0 Å². The lowest BCUT2D eigenvalue weighted by Crippen LogP contribution is -2.30. The number of anilines is 2. The fraction of sp³-hybridized carbons (Fsp3) is 0.242. The molecule has 4 N–H and O–H groups in total. The van der Waals surface area contributed by atoms with Gasteiger partial charge in [-0.2, -0.15) is 0 Å². The van der Waals surface area contributed by atoms with Crippen molar-refractivity contribution < 1.29 is 29.3 Å². The SMILES string of the molecule is Cc1cccc2c(O)cc3c(c12)C(CCl)CN3C(=O)c1cc2cc(NC(=O)c3ccc(OCCOCCO)cc3)cnc2[nH]1. The standard InChI is InChI=1S/C33H31ClN4O6/c1-19-3-2-4-25-28(40)15-27-30(29(19)25)22(16-34)18-38(27)33(42)26-14-21-13-23(17-35-31(21)37-26)36-32(41)20-5-7-24(8-6-20)44-12-11-43-10-9-39/h2-8,13-15,17,22,39-40H,9-12,16,18H2,1H3,(H,35,37)(H,36,41). The van der Waals surface area contributed by atoms with Crippen LogP contribution in [0, 0.1) is 6.92 Å². The monoisotopic (exact) mass is 614 g/mol. The number of aromatic hydroxyl groups is 1. The summed E-state index contributed by atoms with van der Waals surface area (Å²) in [5.74, 6) is 0.364. The maximum absolute atomic E-state index is 13.8. The van der Waals surface area contributed by atoms with Gasteiger partial charge in [-0.25, -0.2) is 4.98 Å². The van der Waals surface area contributed by atoms with E-state index in [1.807, 2.05) is 25.1 Å². The number of aromatic amines is 1. The molecule has 0 aliphatic carbocycles. The second kappa shape index (κ2) is 12.5. The number of aryl methyl sites for hydroxylation is 1. The van der Waals surface area contributed by atoms with E-state index < -0.39 is 0 Å². The van der Waals surface area contributed by atoms with E-state index in [-0.39, 0.29) is 36.7 Å². The molecule has 2 amide bonds. The number of halogens is 1. The van der Waals surface area contributed by atoms with E-state index in [2.05, 4.69) is 15.3 Å². The largest absolute Gasteiger partial charge is 0.507 e. The molecule has 0 fully saturated rings. The Morgan fingerprint density at radius 3 is 2.70 bits per heavy atom. The minimum atomic E-state index is -0.320. The minimum absolute atomic E-state index is 0.0393.